The van der Waals surface area contributed by atoms with Gasteiger partial charge < -0.3 is 14.5 Å². The van der Waals surface area contributed by atoms with Gasteiger partial charge in [0.1, 0.15) is 11.9 Å². The van der Waals surface area contributed by atoms with E-state index >= 15 is 0 Å². The Kier molecular flexibility index (Phi) is 8.51. The summed E-state index contributed by atoms with van der Waals surface area (Å²) in [6, 6.07) is 4.30. The molecule has 3 fully saturated rings. The molecule has 3 aliphatic heterocycles. The Balaban J connectivity index is 1.23. The maximum absolute atomic E-state index is 13.6. The zero-order chi connectivity index (χ0) is 26.6. The molecule has 202 valence electrons. The van der Waals surface area contributed by atoms with Crippen LogP contribution in [0.3, 0.4) is 0 Å². The number of amides is 2. The summed E-state index contributed by atoms with van der Waals surface area (Å²) in [6.45, 7) is 4.61. The van der Waals surface area contributed by atoms with E-state index in [4.69, 9.17) is 10.00 Å². The monoisotopic (exact) mass is 523 g/mol. The molecule has 0 bridgehead atoms. The topological polar surface area (TPSA) is 114 Å². The van der Waals surface area contributed by atoms with Gasteiger partial charge in [0.25, 0.3) is 0 Å². The lowest BCUT2D eigenvalue weighted by molar-refractivity contribution is -0.201. The molecule has 37 heavy (non-hydrogen) atoms. The lowest BCUT2D eigenvalue weighted by atomic mass is 9.94. The molecule has 1 aromatic rings. The average molecular weight is 524 g/mol. The highest BCUT2D eigenvalue weighted by Crippen LogP contribution is 2.35. The maximum atomic E-state index is 13.6. The Morgan fingerprint density at radius 2 is 2.11 bits per heavy atom. The van der Waals surface area contributed by atoms with E-state index in [1.54, 1.807) is 17.0 Å². The third-order valence-corrected chi connectivity index (χ3v) is 7.31. The molecule has 3 saturated heterocycles. The van der Waals surface area contributed by atoms with E-state index in [2.05, 4.69) is 20.7 Å². The van der Waals surface area contributed by atoms with E-state index in [0.717, 1.165) is 12.2 Å². The molecule has 2 unspecified atom stereocenters. The fraction of sp³-hybridized carbons (Fsp3) is 0.667. The molecule has 2 amide bonds. The van der Waals surface area contributed by atoms with Crippen molar-refractivity contribution in [2.24, 2.45) is 5.92 Å². The second-order valence-electron chi connectivity index (χ2n) is 9.71. The predicted molar refractivity (Wildman–Crippen MR) is 127 cm³/mol. The summed E-state index contributed by atoms with van der Waals surface area (Å²) < 4.78 is 46.5. The quantitative estimate of drug-likeness (QED) is 0.510. The minimum atomic E-state index is -4.63. The van der Waals surface area contributed by atoms with Crippen molar-refractivity contribution in [3.63, 3.8) is 0 Å². The number of carbonyl (C=O) groups is 2. The van der Waals surface area contributed by atoms with Crippen LogP contribution in [0.4, 0.5) is 19.0 Å². The van der Waals surface area contributed by atoms with Crippen LogP contribution in [0.5, 0.6) is 0 Å². The summed E-state index contributed by atoms with van der Waals surface area (Å²) in [5.74, 6) is -2.42. The second-order valence-corrected chi connectivity index (χ2v) is 9.71. The van der Waals surface area contributed by atoms with E-state index in [1.807, 2.05) is 17.9 Å². The number of hydrogen-bond donors (Lipinski definition) is 2. The Morgan fingerprint density at radius 3 is 2.78 bits per heavy atom. The van der Waals surface area contributed by atoms with Crippen molar-refractivity contribution >= 4 is 17.6 Å². The van der Waals surface area contributed by atoms with Crippen LogP contribution in [0.15, 0.2) is 18.3 Å². The maximum Gasteiger partial charge on any atom is 0.402 e. The molecule has 10 nitrogen and oxygen atoms in total. The number of nitriles is 1. The van der Waals surface area contributed by atoms with Gasteiger partial charge in [-0.15, -0.1) is 0 Å². The highest BCUT2D eigenvalue weighted by molar-refractivity contribution is 5.80. The molecule has 1 aromatic heterocycles. The number of hydrazine groups is 1. The van der Waals surface area contributed by atoms with E-state index in [1.165, 1.54) is 6.20 Å². The first kappa shape index (κ1) is 27.1. The van der Waals surface area contributed by atoms with Gasteiger partial charge >= 0.3 is 6.18 Å². The molecular formula is C24H32F3N7O3. The summed E-state index contributed by atoms with van der Waals surface area (Å²) >= 11 is 0. The second kappa shape index (κ2) is 11.6. The summed E-state index contributed by atoms with van der Waals surface area (Å²) in [5, 5.41) is 8.93. The number of alkyl halides is 3. The van der Waals surface area contributed by atoms with Crippen LogP contribution in [0.2, 0.25) is 0 Å². The zero-order valence-electron chi connectivity index (χ0n) is 20.7. The normalized spacial score (nSPS) is 27.2. The number of carbonyl (C=O) groups excluding carboxylic acids is 2. The van der Waals surface area contributed by atoms with Crippen molar-refractivity contribution in [2.75, 3.05) is 50.8 Å². The summed E-state index contributed by atoms with van der Waals surface area (Å²) in [7, 11) is 0. The Labute approximate surface area is 213 Å². The van der Waals surface area contributed by atoms with E-state index in [-0.39, 0.29) is 44.2 Å². The molecule has 2 N–H and O–H groups in total. The van der Waals surface area contributed by atoms with E-state index in [9.17, 15) is 22.8 Å². The summed E-state index contributed by atoms with van der Waals surface area (Å²) in [6.07, 6.45) is -1.51. The number of ether oxygens (including phenoxy) is 1. The van der Waals surface area contributed by atoms with Crippen LogP contribution in [-0.4, -0.2) is 96.8 Å². The molecule has 0 radical (unpaired) electrons. The van der Waals surface area contributed by atoms with Gasteiger partial charge in [-0.3, -0.25) is 19.9 Å². The number of hydrogen-bond acceptors (Lipinski definition) is 8. The summed E-state index contributed by atoms with van der Waals surface area (Å²) in [4.78, 5) is 34.7. The number of piperazine rings is 1. The van der Waals surface area contributed by atoms with Crippen LogP contribution in [0, 0.1) is 17.2 Å². The van der Waals surface area contributed by atoms with Gasteiger partial charge in [0.05, 0.1) is 25.2 Å². The zero-order valence-corrected chi connectivity index (χ0v) is 20.7. The Hall–Kier alpha value is -2.95. The number of anilines is 1. The number of pyridine rings is 1. The highest BCUT2D eigenvalue weighted by Gasteiger charge is 2.54. The molecule has 0 saturated carbocycles. The van der Waals surface area contributed by atoms with Crippen molar-refractivity contribution in [1.82, 2.24) is 25.6 Å². The van der Waals surface area contributed by atoms with Crippen molar-refractivity contribution in [3.8, 4) is 6.07 Å². The van der Waals surface area contributed by atoms with Crippen LogP contribution in [0.25, 0.3) is 0 Å². The standard InChI is InChI=1S/C24H32F3N7O3/c1-16-14-32(20-5-4-17(11-28)12-29-20)8-9-33(16)21(35)6-10-37-15-18-3-2-7-34(18)19-13-30-31-23(36)22(19)24(25,26)27/h4-5,12,16,18-19,22,30H,2-3,6-10,13-15H2,1H3,(H,31,36)/t16-,18-,19?,22?/m0/s1. The van der Waals surface area contributed by atoms with Crippen molar-refractivity contribution in [3.05, 3.63) is 23.9 Å². The lowest BCUT2D eigenvalue weighted by Crippen LogP contribution is -2.65. The molecule has 4 heterocycles. The average Bonchev–Trinajstić information content (AvgIpc) is 3.34. The number of nitrogens with one attached hydrogen (secondary N) is 2. The molecule has 0 aromatic carbocycles. The van der Waals surface area contributed by atoms with Crippen LogP contribution in [0.1, 0.15) is 31.7 Å². The third-order valence-electron chi connectivity index (χ3n) is 7.31. The minimum Gasteiger partial charge on any atom is -0.379 e. The van der Waals surface area contributed by atoms with Gasteiger partial charge in [-0.25, -0.2) is 10.4 Å². The number of likely N-dealkylation sites (tertiary alicyclic amines) is 1. The molecule has 4 rings (SSSR count). The fourth-order valence-corrected chi connectivity index (χ4v) is 5.46. The van der Waals surface area contributed by atoms with E-state index < -0.39 is 24.0 Å². The Bertz CT molecular complexity index is 1000. The predicted octanol–water partition coefficient (Wildman–Crippen LogP) is 1.04. The molecule has 13 heteroatoms. The van der Waals surface area contributed by atoms with Crippen LogP contribution < -0.4 is 15.8 Å². The van der Waals surface area contributed by atoms with Crippen molar-refractivity contribution < 1.29 is 27.5 Å². The summed E-state index contributed by atoms with van der Waals surface area (Å²) in [5.41, 5.74) is 5.16. The molecular weight excluding hydrogens is 491 g/mol. The van der Waals surface area contributed by atoms with Gasteiger partial charge in [0, 0.05) is 50.5 Å². The molecule has 3 aliphatic rings. The van der Waals surface area contributed by atoms with Crippen molar-refractivity contribution in [2.45, 2.75) is 50.5 Å². The highest BCUT2D eigenvalue weighted by atomic mass is 19.4. The molecule has 0 spiro atoms. The largest absolute Gasteiger partial charge is 0.402 e. The van der Waals surface area contributed by atoms with Gasteiger partial charge in [0.2, 0.25) is 11.8 Å². The SMILES string of the molecule is C[C@H]1CN(c2ccc(C#N)cn2)CCN1C(=O)CCOC[C@@H]1CCCN1C1CNNC(=O)C1C(F)(F)F. The van der Waals surface area contributed by atoms with Crippen LogP contribution >= 0.6 is 0 Å². The lowest BCUT2D eigenvalue weighted by Gasteiger charge is -2.41. The van der Waals surface area contributed by atoms with Gasteiger partial charge in [-0.05, 0) is 38.4 Å². The van der Waals surface area contributed by atoms with Crippen LogP contribution in [-0.2, 0) is 14.3 Å². The third kappa shape index (κ3) is 6.31. The van der Waals surface area contributed by atoms with Crippen molar-refractivity contribution in [1.29, 1.82) is 5.26 Å². The first-order chi connectivity index (χ1) is 17.7. The fourth-order valence-electron chi connectivity index (χ4n) is 5.46. The first-order valence-electron chi connectivity index (χ1n) is 12.5. The minimum absolute atomic E-state index is 0.00670. The van der Waals surface area contributed by atoms with Gasteiger partial charge in [-0.2, -0.15) is 18.4 Å². The number of nitrogens with zero attached hydrogens (tertiary/aromatic N) is 5. The van der Waals surface area contributed by atoms with E-state index in [0.29, 0.717) is 38.2 Å². The smallest absolute Gasteiger partial charge is 0.379 e. The molecule has 4 atom stereocenters. The first-order valence-corrected chi connectivity index (χ1v) is 12.5. The Morgan fingerprint density at radius 1 is 1.30 bits per heavy atom. The number of rotatable bonds is 7. The van der Waals surface area contributed by atoms with Gasteiger partial charge in [0.15, 0.2) is 5.92 Å². The number of aromatic nitrogens is 1. The molecule has 0 aliphatic carbocycles. The number of halogens is 3. The van der Waals surface area contributed by atoms with Gasteiger partial charge in [-0.1, -0.05) is 0 Å².